The number of aryl methyl sites for hydroxylation is 2. The van der Waals surface area contributed by atoms with Gasteiger partial charge in [0.2, 0.25) is 0 Å². The summed E-state index contributed by atoms with van der Waals surface area (Å²) >= 11 is 0. The molecule has 0 saturated heterocycles. The molecule has 0 N–H and O–H groups in total. The first-order chi connectivity index (χ1) is 16.7. The van der Waals surface area contributed by atoms with Gasteiger partial charge in [0.25, 0.3) is 0 Å². The number of fused-ring (bicyclic) bond motifs is 3. The number of anilines is 3. The molecular formula is C30H24N4. The van der Waals surface area contributed by atoms with Crippen LogP contribution in [0.15, 0.2) is 109 Å². The first-order valence-corrected chi connectivity index (χ1v) is 11.4. The normalized spacial score (nSPS) is 11.2. The maximum absolute atomic E-state index is 4.81. The minimum atomic E-state index is 0.892. The van der Waals surface area contributed by atoms with Crippen LogP contribution < -0.4 is 4.90 Å². The SMILES string of the molecule is Cc1ccc(N(c2ccc(C)cc2)c2ccc(-n3nc4ccc5ccccc5c4n3)cc2)cc1. The standard InChI is InChI=1S/C30H24N4/c1-21-7-12-24(13-8-21)33(25-14-9-22(2)10-15-25)26-16-18-27(19-17-26)34-31-29-20-11-23-5-3-4-6-28(23)30(29)32-34/h3-20H,1-2H3. The molecule has 0 aliphatic rings. The highest BCUT2D eigenvalue weighted by molar-refractivity contribution is 6.03. The molecule has 4 heteroatoms. The van der Waals surface area contributed by atoms with Crippen LogP contribution in [0.2, 0.25) is 0 Å². The van der Waals surface area contributed by atoms with Gasteiger partial charge in [0.1, 0.15) is 11.0 Å². The quantitative estimate of drug-likeness (QED) is 0.282. The van der Waals surface area contributed by atoms with Gasteiger partial charge in [0.15, 0.2) is 0 Å². The van der Waals surface area contributed by atoms with Gasteiger partial charge in [-0.1, -0.05) is 65.7 Å². The van der Waals surface area contributed by atoms with Crippen LogP contribution >= 0.6 is 0 Å². The number of benzene rings is 5. The lowest BCUT2D eigenvalue weighted by atomic mass is 10.1. The maximum atomic E-state index is 4.81. The molecule has 0 fully saturated rings. The van der Waals surface area contributed by atoms with Crippen molar-refractivity contribution in [1.29, 1.82) is 0 Å². The van der Waals surface area contributed by atoms with Gasteiger partial charge < -0.3 is 4.90 Å². The van der Waals surface area contributed by atoms with E-state index in [0.717, 1.165) is 39.2 Å². The molecule has 0 radical (unpaired) electrons. The Morgan fingerprint density at radius 2 is 1.12 bits per heavy atom. The predicted octanol–water partition coefficient (Wildman–Crippen LogP) is 7.66. The van der Waals surface area contributed by atoms with Crippen LogP contribution in [0, 0.1) is 13.8 Å². The predicted molar refractivity (Wildman–Crippen MR) is 141 cm³/mol. The van der Waals surface area contributed by atoms with Crippen LogP contribution in [0.1, 0.15) is 11.1 Å². The largest absolute Gasteiger partial charge is 0.311 e. The van der Waals surface area contributed by atoms with Crippen molar-refractivity contribution in [2.45, 2.75) is 13.8 Å². The van der Waals surface area contributed by atoms with Gasteiger partial charge in [-0.15, -0.1) is 10.2 Å². The van der Waals surface area contributed by atoms with E-state index < -0.39 is 0 Å². The Hall–Kier alpha value is -4.44. The summed E-state index contributed by atoms with van der Waals surface area (Å²) in [6.07, 6.45) is 0. The van der Waals surface area contributed by atoms with E-state index in [1.807, 2.05) is 18.2 Å². The fourth-order valence-electron chi connectivity index (χ4n) is 4.33. The number of rotatable bonds is 4. The topological polar surface area (TPSA) is 34.0 Å². The molecule has 34 heavy (non-hydrogen) atoms. The van der Waals surface area contributed by atoms with Crippen molar-refractivity contribution in [3.8, 4) is 5.69 Å². The van der Waals surface area contributed by atoms with E-state index in [-0.39, 0.29) is 0 Å². The number of hydrogen-bond acceptors (Lipinski definition) is 3. The lowest BCUT2D eigenvalue weighted by Crippen LogP contribution is -2.10. The van der Waals surface area contributed by atoms with Crippen molar-refractivity contribution in [3.05, 3.63) is 120 Å². The fourth-order valence-corrected chi connectivity index (χ4v) is 4.33. The third-order valence-electron chi connectivity index (χ3n) is 6.20. The van der Waals surface area contributed by atoms with E-state index in [9.17, 15) is 0 Å². The van der Waals surface area contributed by atoms with Crippen molar-refractivity contribution in [2.75, 3.05) is 4.90 Å². The molecule has 164 valence electrons. The van der Waals surface area contributed by atoms with E-state index in [0.29, 0.717) is 0 Å². The third kappa shape index (κ3) is 3.59. The molecule has 4 nitrogen and oxygen atoms in total. The second-order valence-corrected chi connectivity index (χ2v) is 8.67. The first-order valence-electron chi connectivity index (χ1n) is 11.4. The summed E-state index contributed by atoms with van der Waals surface area (Å²) in [5, 5.41) is 11.8. The van der Waals surface area contributed by atoms with Crippen LogP contribution in [0.3, 0.4) is 0 Å². The number of aromatic nitrogens is 3. The minimum absolute atomic E-state index is 0.892. The molecule has 1 aromatic heterocycles. The molecule has 5 aromatic carbocycles. The van der Waals surface area contributed by atoms with Gasteiger partial charge in [-0.2, -0.15) is 4.80 Å². The average molecular weight is 441 g/mol. The second-order valence-electron chi connectivity index (χ2n) is 8.67. The van der Waals surface area contributed by atoms with Crippen LogP contribution in [-0.4, -0.2) is 15.0 Å². The van der Waals surface area contributed by atoms with Crippen molar-refractivity contribution in [3.63, 3.8) is 0 Å². The van der Waals surface area contributed by atoms with Crippen LogP contribution in [-0.2, 0) is 0 Å². The summed E-state index contributed by atoms with van der Waals surface area (Å²) < 4.78 is 0. The van der Waals surface area contributed by atoms with Gasteiger partial charge in [-0.05, 0) is 73.8 Å². The Kier molecular flexibility index (Phi) is 4.84. The summed E-state index contributed by atoms with van der Waals surface area (Å²) in [6.45, 7) is 4.22. The molecule has 0 bridgehead atoms. The Labute approximate surface area is 198 Å². The van der Waals surface area contributed by atoms with Gasteiger partial charge >= 0.3 is 0 Å². The molecule has 6 aromatic rings. The van der Waals surface area contributed by atoms with E-state index in [1.54, 1.807) is 4.80 Å². The highest BCUT2D eigenvalue weighted by Gasteiger charge is 2.13. The molecule has 0 unspecified atom stereocenters. The third-order valence-corrected chi connectivity index (χ3v) is 6.20. The maximum Gasteiger partial charge on any atom is 0.121 e. The Morgan fingerprint density at radius 1 is 0.559 bits per heavy atom. The summed E-state index contributed by atoms with van der Waals surface area (Å²) in [6, 6.07) is 38.1. The zero-order chi connectivity index (χ0) is 23.1. The number of nitrogens with zero attached hydrogens (tertiary/aromatic N) is 4. The zero-order valence-electron chi connectivity index (χ0n) is 19.2. The molecule has 6 rings (SSSR count). The Morgan fingerprint density at radius 3 is 1.74 bits per heavy atom. The summed E-state index contributed by atoms with van der Waals surface area (Å²) in [4.78, 5) is 3.99. The number of hydrogen-bond donors (Lipinski definition) is 0. The van der Waals surface area contributed by atoms with Gasteiger partial charge in [0, 0.05) is 22.4 Å². The first kappa shape index (κ1) is 20.2. The minimum Gasteiger partial charge on any atom is -0.311 e. The molecule has 0 atom stereocenters. The highest BCUT2D eigenvalue weighted by Crippen LogP contribution is 2.35. The Balaban J connectivity index is 1.41. The van der Waals surface area contributed by atoms with Gasteiger partial charge in [0.05, 0.1) is 5.69 Å². The summed E-state index contributed by atoms with van der Waals surface area (Å²) in [5.74, 6) is 0. The summed E-state index contributed by atoms with van der Waals surface area (Å²) in [7, 11) is 0. The monoisotopic (exact) mass is 440 g/mol. The molecule has 0 aliphatic carbocycles. The molecule has 0 aliphatic heterocycles. The average Bonchev–Trinajstić information content (AvgIpc) is 3.32. The smallest absolute Gasteiger partial charge is 0.121 e. The van der Waals surface area contributed by atoms with E-state index in [4.69, 9.17) is 10.2 Å². The zero-order valence-corrected chi connectivity index (χ0v) is 19.2. The highest BCUT2D eigenvalue weighted by atomic mass is 15.5. The lowest BCUT2D eigenvalue weighted by Gasteiger charge is -2.26. The van der Waals surface area contributed by atoms with E-state index in [1.165, 1.54) is 16.5 Å². The molecule has 1 heterocycles. The Bertz CT molecular complexity index is 1550. The summed E-state index contributed by atoms with van der Waals surface area (Å²) in [5.41, 5.74) is 8.55. The van der Waals surface area contributed by atoms with E-state index >= 15 is 0 Å². The van der Waals surface area contributed by atoms with Crippen molar-refractivity contribution >= 4 is 38.9 Å². The van der Waals surface area contributed by atoms with Crippen molar-refractivity contribution in [2.24, 2.45) is 0 Å². The van der Waals surface area contributed by atoms with Crippen molar-refractivity contribution < 1.29 is 0 Å². The van der Waals surface area contributed by atoms with Gasteiger partial charge in [-0.3, -0.25) is 0 Å². The van der Waals surface area contributed by atoms with E-state index in [2.05, 4.69) is 110 Å². The van der Waals surface area contributed by atoms with Gasteiger partial charge in [-0.25, -0.2) is 0 Å². The fraction of sp³-hybridized carbons (Fsp3) is 0.0667. The second kappa shape index (κ2) is 8.16. The van der Waals surface area contributed by atoms with Crippen molar-refractivity contribution in [1.82, 2.24) is 15.0 Å². The molecular weight excluding hydrogens is 416 g/mol. The van der Waals surface area contributed by atoms with Crippen LogP contribution in [0.4, 0.5) is 17.1 Å². The van der Waals surface area contributed by atoms with Crippen LogP contribution in [0.5, 0.6) is 0 Å². The molecule has 0 amide bonds. The molecule has 0 saturated carbocycles. The molecule has 0 spiro atoms. The lowest BCUT2D eigenvalue weighted by molar-refractivity contribution is 0.766. The van der Waals surface area contributed by atoms with Crippen LogP contribution in [0.25, 0.3) is 27.5 Å².